The summed E-state index contributed by atoms with van der Waals surface area (Å²) < 4.78 is 0. The zero-order valence-corrected chi connectivity index (χ0v) is 7.21. The van der Waals surface area contributed by atoms with Crippen LogP contribution in [-0.2, 0) is 0 Å². The Bertz CT molecular complexity index is 29.4. The molecule has 0 saturated heterocycles. The van der Waals surface area contributed by atoms with Crippen LogP contribution < -0.4 is 0 Å². The topological polar surface area (TPSA) is 60.7 Å². The Balaban J connectivity index is 0. The van der Waals surface area contributed by atoms with E-state index in [2.05, 4.69) is 0 Å². The molecule has 0 aliphatic heterocycles. The second-order valence-electron chi connectivity index (χ2n) is 1.02. The summed E-state index contributed by atoms with van der Waals surface area (Å²) in [5.41, 5.74) is 0. The summed E-state index contributed by atoms with van der Waals surface area (Å²) in [5, 5.41) is 24.0. The third kappa shape index (κ3) is 6.75. The van der Waals surface area contributed by atoms with Gasteiger partial charge in [-0.15, -0.1) is 0 Å². The van der Waals surface area contributed by atoms with E-state index in [4.69, 9.17) is 15.3 Å². The fourth-order valence-electron chi connectivity index (χ4n) is 0.0577. The molecular weight excluding hydrogens is 199 g/mol. The van der Waals surface area contributed by atoms with Gasteiger partial charge in [0.1, 0.15) is 6.10 Å². The maximum atomic E-state index is 8.17. The van der Waals surface area contributed by atoms with Gasteiger partial charge in [-0.2, -0.15) is 0 Å². The van der Waals surface area contributed by atoms with Gasteiger partial charge in [-0.1, -0.05) is 0 Å². The number of rotatable bonds is 2. The van der Waals surface area contributed by atoms with Gasteiger partial charge in [0, 0.05) is 25.8 Å². The van der Waals surface area contributed by atoms with Crippen molar-refractivity contribution in [3.8, 4) is 0 Å². The maximum absolute atomic E-state index is 8.17. The minimum Gasteiger partial charge on any atom is -0.394 e. The maximum Gasteiger partial charge on any atom is 0.100 e. The molecule has 0 amide bonds. The van der Waals surface area contributed by atoms with Crippen LogP contribution in [0, 0.1) is 0 Å². The SMILES string of the molecule is OCC(O)CO.[In]. The molecule has 0 fully saturated rings. The standard InChI is InChI=1S/C3H8O3.In/c4-1-3(6)2-5;/h3-6H,1-2H2;. The first-order valence-corrected chi connectivity index (χ1v) is 1.71. The van der Waals surface area contributed by atoms with Crippen molar-refractivity contribution in [2.45, 2.75) is 6.10 Å². The molecule has 0 aliphatic carbocycles. The normalized spacial score (nSPS) is 8.57. The van der Waals surface area contributed by atoms with Crippen LogP contribution in [0.1, 0.15) is 0 Å². The van der Waals surface area contributed by atoms with Crippen molar-refractivity contribution in [3.05, 3.63) is 0 Å². The van der Waals surface area contributed by atoms with E-state index in [1.54, 1.807) is 0 Å². The molecule has 0 bridgehead atoms. The molecule has 0 atom stereocenters. The molecular formula is C3H8InO3. The van der Waals surface area contributed by atoms with E-state index in [1.165, 1.54) is 0 Å². The zero-order valence-electron chi connectivity index (χ0n) is 3.91. The van der Waals surface area contributed by atoms with Crippen molar-refractivity contribution in [3.63, 3.8) is 0 Å². The van der Waals surface area contributed by atoms with Gasteiger partial charge in [-0.05, 0) is 0 Å². The van der Waals surface area contributed by atoms with Crippen molar-refractivity contribution >= 4 is 25.8 Å². The van der Waals surface area contributed by atoms with Crippen LogP contribution in [0.5, 0.6) is 0 Å². The van der Waals surface area contributed by atoms with Gasteiger partial charge in [0.05, 0.1) is 13.2 Å². The Labute approximate surface area is 60.8 Å². The fourth-order valence-corrected chi connectivity index (χ4v) is 0.0577. The predicted octanol–water partition coefficient (Wildman–Crippen LogP) is -2.05. The van der Waals surface area contributed by atoms with Gasteiger partial charge in [0.15, 0.2) is 0 Å². The molecule has 0 heterocycles. The summed E-state index contributed by atoms with van der Waals surface area (Å²) >= 11 is 0. The van der Waals surface area contributed by atoms with Crippen LogP contribution in [0.4, 0.5) is 0 Å². The Hall–Kier alpha value is 0.750. The van der Waals surface area contributed by atoms with E-state index in [1.807, 2.05) is 0 Å². The van der Waals surface area contributed by atoms with Crippen LogP contribution in [-0.4, -0.2) is 60.5 Å². The average Bonchev–Trinajstić information content (AvgIpc) is 1.65. The van der Waals surface area contributed by atoms with Crippen LogP contribution in [0.25, 0.3) is 0 Å². The quantitative estimate of drug-likeness (QED) is 0.488. The fraction of sp³-hybridized carbons (Fsp3) is 1.00. The molecule has 0 spiro atoms. The summed E-state index contributed by atoms with van der Waals surface area (Å²) in [7, 11) is 0. The summed E-state index contributed by atoms with van der Waals surface area (Å²) in [4.78, 5) is 0. The van der Waals surface area contributed by atoms with Gasteiger partial charge >= 0.3 is 0 Å². The van der Waals surface area contributed by atoms with Crippen molar-refractivity contribution in [2.75, 3.05) is 13.2 Å². The second-order valence-corrected chi connectivity index (χ2v) is 1.02. The molecule has 7 heavy (non-hydrogen) atoms. The van der Waals surface area contributed by atoms with Gasteiger partial charge in [0.2, 0.25) is 0 Å². The minimum absolute atomic E-state index is 0. The van der Waals surface area contributed by atoms with Crippen molar-refractivity contribution in [2.24, 2.45) is 0 Å². The minimum atomic E-state index is -0.954. The van der Waals surface area contributed by atoms with E-state index in [-0.39, 0.29) is 39.1 Å². The molecule has 41 valence electrons. The Morgan fingerprint density at radius 1 is 1.14 bits per heavy atom. The first kappa shape index (κ1) is 10.7. The molecule has 0 saturated carbocycles. The molecule has 4 heteroatoms. The zero-order chi connectivity index (χ0) is 4.99. The number of hydrogen-bond donors (Lipinski definition) is 3. The van der Waals surface area contributed by atoms with Gasteiger partial charge in [-0.25, -0.2) is 0 Å². The Morgan fingerprint density at radius 3 is 1.43 bits per heavy atom. The molecule has 3 N–H and O–H groups in total. The molecule has 3 nitrogen and oxygen atoms in total. The van der Waals surface area contributed by atoms with E-state index >= 15 is 0 Å². The molecule has 3 radical (unpaired) electrons. The largest absolute Gasteiger partial charge is 0.394 e. The van der Waals surface area contributed by atoms with Crippen LogP contribution in [0.2, 0.25) is 0 Å². The van der Waals surface area contributed by atoms with Crippen molar-refractivity contribution < 1.29 is 15.3 Å². The van der Waals surface area contributed by atoms with Crippen molar-refractivity contribution in [1.82, 2.24) is 0 Å². The van der Waals surface area contributed by atoms with E-state index in [0.717, 1.165) is 0 Å². The molecule has 0 aliphatic rings. The summed E-state index contributed by atoms with van der Waals surface area (Å²) in [6.07, 6.45) is -0.954. The van der Waals surface area contributed by atoms with E-state index < -0.39 is 6.10 Å². The smallest absolute Gasteiger partial charge is 0.100 e. The molecule has 0 aromatic carbocycles. The molecule has 0 unspecified atom stereocenters. The summed E-state index contributed by atoms with van der Waals surface area (Å²) in [6.45, 7) is -0.729. The van der Waals surface area contributed by atoms with Crippen LogP contribution >= 0.6 is 0 Å². The average molecular weight is 207 g/mol. The Morgan fingerprint density at radius 2 is 1.43 bits per heavy atom. The predicted molar refractivity (Wildman–Crippen MR) is 25.9 cm³/mol. The van der Waals surface area contributed by atoms with Gasteiger partial charge in [-0.3, -0.25) is 0 Å². The molecule has 0 aromatic heterocycles. The number of hydrogen-bond acceptors (Lipinski definition) is 3. The van der Waals surface area contributed by atoms with Gasteiger partial charge < -0.3 is 15.3 Å². The second kappa shape index (κ2) is 6.75. The Kier molecular flexibility index (Phi) is 10.3. The first-order valence-electron chi connectivity index (χ1n) is 1.71. The third-order valence-corrected chi connectivity index (χ3v) is 0.421. The molecule has 0 rings (SSSR count). The monoisotopic (exact) mass is 207 g/mol. The van der Waals surface area contributed by atoms with Gasteiger partial charge in [0.25, 0.3) is 0 Å². The third-order valence-electron chi connectivity index (χ3n) is 0.421. The van der Waals surface area contributed by atoms with E-state index in [0.29, 0.717) is 0 Å². The number of aliphatic hydroxyl groups is 3. The summed E-state index contributed by atoms with van der Waals surface area (Å²) in [5.74, 6) is 0. The van der Waals surface area contributed by atoms with Crippen LogP contribution in [0.3, 0.4) is 0 Å². The van der Waals surface area contributed by atoms with Crippen LogP contribution in [0.15, 0.2) is 0 Å². The number of aliphatic hydroxyl groups excluding tert-OH is 3. The molecule has 0 aromatic rings. The first-order chi connectivity index (χ1) is 2.81. The summed E-state index contributed by atoms with van der Waals surface area (Å²) in [6, 6.07) is 0. The van der Waals surface area contributed by atoms with Crippen molar-refractivity contribution in [1.29, 1.82) is 0 Å². The van der Waals surface area contributed by atoms with E-state index in [9.17, 15) is 0 Å².